The van der Waals surface area contributed by atoms with Crippen molar-refractivity contribution in [3.8, 4) is 35.0 Å². The van der Waals surface area contributed by atoms with Gasteiger partial charge in [0.05, 0.1) is 13.3 Å². The van der Waals surface area contributed by atoms with Crippen LogP contribution in [0, 0.1) is 12.3 Å². The van der Waals surface area contributed by atoms with Crippen LogP contribution in [-0.4, -0.2) is 57.5 Å². The first-order chi connectivity index (χ1) is 17.5. The summed E-state index contributed by atoms with van der Waals surface area (Å²) in [7, 11) is 3.52. The van der Waals surface area contributed by atoms with E-state index in [9.17, 15) is 0 Å². The Labute approximate surface area is 211 Å². The summed E-state index contributed by atoms with van der Waals surface area (Å²) >= 11 is 0. The molecule has 0 spiro atoms. The largest absolute Gasteiger partial charge is 0.494 e. The van der Waals surface area contributed by atoms with Gasteiger partial charge < -0.3 is 14.8 Å². The number of rotatable bonds is 8. The number of likely N-dealkylation sites (tertiary alicyclic amines) is 1. The zero-order valence-corrected chi connectivity index (χ0v) is 20.9. The van der Waals surface area contributed by atoms with Gasteiger partial charge in [-0.15, -0.1) is 6.42 Å². The van der Waals surface area contributed by atoms with Crippen LogP contribution in [0.3, 0.4) is 0 Å². The van der Waals surface area contributed by atoms with Crippen molar-refractivity contribution < 1.29 is 9.47 Å². The molecule has 3 heterocycles. The Morgan fingerprint density at radius 3 is 2.81 bits per heavy atom. The second-order valence-electron chi connectivity index (χ2n) is 9.06. The number of fused-ring (bicyclic) bond motifs is 1. The first-order valence-electron chi connectivity index (χ1n) is 12.2. The lowest BCUT2D eigenvalue weighted by Gasteiger charge is -2.17. The second kappa shape index (κ2) is 10.3. The van der Waals surface area contributed by atoms with Crippen LogP contribution in [0.4, 0.5) is 11.6 Å². The van der Waals surface area contributed by atoms with E-state index >= 15 is 0 Å². The van der Waals surface area contributed by atoms with Crippen LogP contribution in [-0.2, 0) is 7.05 Å². The van der Waals surface area contributed by atoms with Crippen LogP contribution < -0.4 is 14.8 Å². The van der Waals surface area contributed by atoms with E-state index in [-0.39, 0.29) is 6.10 Å². The first-order valence-corrected chi connectivity index (χ1v) is 12.2. The molecule has 0 aliphatic carbocycles. The van der Waals surface area contributed by atoms with Gasteiger partial charge in [-0.3, -0.25) is 9.58 Å². The minimum atomic E-state index is 0.167. The molecule has 0 unspecified atom stereocenters. The van der Waals surface area contributed by atoms with E-state index in [0.717, 1.165) is 66.0 Å². The third-order valence-electron chi connectivity index (χ3n) is 6.31. The molecule has 0 radical (unpaired) electrons. The number of methoxy groups -OCH3 is 1. The Morgan fingerprint density at radius 1 is 1.17 bits per heavy atom. The maximum Gasteiger partial charge on any atom is 0.227 e. The number of nitrogens with zero attached hydrogens (tertiary/aromatic N) is 5. The van der Waals surface area contributed by atoms with Crippen molar-refractivity contribution >= 4 is 22.5 Å². The molecular weight excluding hydrogens is 452 g/mol. The van der Waals surface area contributed by atoms with Crippen molar-refractivity contribution in [1.29, 1.82) is 0 Å². The van der Waals surface area contributed by atoms with Crippen molar-refractivity contribution in [2.24, 2.45) is 7.05 Å². The molecular formula is C28H30N6O2. The van der Waals surface area contributed by atoms with Gasteiger partial charge in [0, 0.05) is 60.8 Å². The van der Waals surface area contributed by atoms with Crippen LogP contribution in [0.1, 0.15) is 25.3 Å². The van der Waals surface area contributed by atoms with Crippen molar-refractivity contribution in [2.45, 2.75) is 25.9 Å². The fourth-order valence-electron chi connectivity index (χ4n) is 4.62. The Balaban J connectivity index is 1.46. The van der Waals surface area contributed by atoms with Gasteiger partial charge in [-0.05, 0) is 49.2 Å². The van der Waals surface area contributed by atoms with E-state index in [1.807, 2.05) is 37.6 Å². The van der Waals surface area contributed by atoms with Gasteiger partial charge in [0.2, 0.25) is 5.95 Å². The molecule has 0 saturated carbocycles. The van der Waals surface area contributed by atoms with Gasteiger partial charge >= 0.3 is 0 Å². The first kappa shape index (κ1) is 23.6. The number of ether oxygens (including phenoxy) is 2. The van der Waals surface area contributed by atoms with Gasteiger partial charge in [-0.1, -0.05) is 12.8 Å². The van der Waals surface area contributed by atoms with Crippen molar-refractivity contribution in [1.82, 2.24) is 24.6 Å². The van der Waals surface area contributed by atoms with Crippen LogP contribution >= 0.6 is 0 Å². The molecule has 1 fully saturated rings. The van der Waals surface area contributed by atoms with Gasteiger partial charge in [0.15, 0.2) is 0 Å². The average molecular weight is 483 g/mol. The third-order valence-corrected chi connectivity index (χ3v) is 6.31. The predicted molar refractivity (Wildman–Crippen MR) is 142 cm³/mol. The normalized spacial score (nSPS) is 15.7. The highest BCUT2D eigenvalue weighted by Gasteiger charge is 2.23. The minimum absolute atomic E-state index is 0.167. The lowest BCUT2D eigenvalue weighted by Crippen LogP contribution is -2.25. The molecule has 36 heavy (non-hydrogen) atoms. The summed E-state index contributed by atoms with van der Waals surface area (Å²) in [5, 5.41) is 8.50. The molecule has 184 valence electrons. The summed E-state index contributed by atoms with van der Waals surface area (Å²) in [5.74, 6) is 4.51. The number of hydrogen-bond donors (Lipinski definition) is 1. The molecule has 8 nitrogen and oxygen atoms in total. The van der Waals surface area contributed by atoms with Crippen molar-refractivity contribution in [2.75, 3.05) is 32.1 Å². The molecule has 1 atom stereocenters. The zero-order chi connectivity index (χ0) is 25.1. The predicted octanol–water partition coefficient (Wildman–Crippen LogP) is 4.63. The molecule has 2 aromatic carbocycles. The van der Waals surface area contributed by atoms with E-state index in [0.29, 0.717) is 17.2 Å². The van der Waals surface area contributed by atoms with Gasteiger partial charge in [-0.25, -0.2) is 9.97 Å². The highest BCUT2D eigenvalue weighted by molar-refractivity contribution is 5.86. The van der Waals surface area contributed by atoms with E-state index in [1.54, 1.807) is 24.1 Å². The number of nitrogens with one attached hydrogen (secondary N) is 1. The van der Waals surface area contributed by atoms with Crippen LogP contribution in [0.2, 0.25) is 0 Å². The Hall–Kier alpha value is -4.09. The highest BCUT2D eigenvalue weighted by Crippen LogP contribution is 2.32. The average Bonchev–Trinajstić information content (AvgIpc) is 3.52. The number of hydrogen-bond acceptors (Lipinski definition) is 7. The summed E-state index contributed by atoms with van der Waals surface area (Å²) in [6, 6.07) is 9.79. The molecule has 1 aliphatic rings. The lowest BCUT2D eigenvalue weighted by molar-refractivity contribution is 0.200. The van der Waals surface area contributed by atoms with E-state index < -0.39 is 0 Å². The van der Waals surface area contributed by atoms with E-state index in [4.69, 9.17) is 20.9 Å². The van der Waals surface area contributed by atoms with Gasteiger partial charge in [0.25, 0.3) is 0 Å². The fourth-order valence-corrected chi connectivity index (χ4v) is 4.62. The monoisotopic (exact) mass is 482 g/mol. The molecule has 1 saturated heterocycles. The summed E-state index contributed by atoms with van der Waals surface area (Å²) in [5.41, 5.74) is 4.25. The SMILES string of the molecule is C#Cc1cc(OC)c2nc(Nc3cc(O[C@@H]4CCN(CCC)C4)cc(-c4cnn(C)c4)c3)ncc2c1. The van der Waals surface area contributed by atoms with Gasteiger partial charge in [0.1, 0.15) is 23.1 Å². The molecule has 5 rings (SSSR count). The summed E-state index contributed by atoms with van der Waals surface area (Å²) < 4.78 is 13.8. The smallest absolute Gasteiger partial charge is 0.227 e. The molecule has 2 aromatic heterocycles. The maximum absolute atomic E-state index is 6.44. The van der Waals surface area contributed by atoms with E-state index in [2.05, 4.69) is 39.2 Å². The second-order valence-corrected chi connectivity index (χ2v) is 9.06. The molecule has 0 bridgehead atoms. The number of aromatic nitrogens is 4. The quantitative estimate of drug-likeness (QED) is 0.367. The topological polar surface area (TPSA) is 77.3 Å². The van der Waals surface area contributed by atoms with Crippen LogP contribution in [0.25, 0.3) is 22.0 Å². The Bertz CT molecular complexity index is 1420. The molecule has 0 amide bonds. The number of aryl methyl sites for hydroxylation is 1. The Morgan fingerprint density at radius 2 is 2.06 bits per heavy atom. The number of benzene rings is 2. The van der Waals surface area contributed by atoms with Crippen LogP contribution in [0.15, 0.2) is 48.9 Å². The summed E-state index contributed by atoms with van der Waals surface area (Å²) in [4.78, 5) is 11.7. The molecule has 1 aliphatic heterocycles. The molecule has 8 heteroatoms. The van der Waals surface area contributed by atoms with E-state index in [1.165, 1.54) is 0 Å². The molecule has 1 N–H and O–H groups in total. The zero-order valence-electron chi connectivity index (χ0n) is 20.9. The summed E-state index contributed by atoms with van der Waals surface area (Å²) in [6.45, 7) is 5.33. The standard InChI is InChI=1S/C28H30N6O2/c1-5-8-34-9-7-24(18-34)36-25-13-20(22-16-30-33(3)17-22)12-23(14-25)31-28-29-15-21-10-19(6-2)11-26(35-4)27(21)32-28/h2,10-17,24H,5,7-9,18H2,1,3-4H3,(H,29,31,32)/t24-/m1/s1. The fraction of sp³-hybridized carbons (Fsp3) is 0.321. The minimum Gasteiger partial charge on any atom is -0.494 e. The maximum atomic E-state index is 6.44. The van der Waals surface area contributed by atoms with Crippen molar-refractivity contribution in [3.63, 3.8) is 0 Å². The third kappa shape index (κ3) is 5.11. The lowest BCUT2D eigenvalue weighted by atomic mass is 10.1. The summed E-state index contributed by atoms with van der Waals surface area (Å²) in [6.07, 6.45) is 13.5. The van der Waals surface area contributed by atoms with Crippen LogP contribution in [0.5, 0.6) is 11.5 Å². The number of terminal acetylenes is 1. The number of anilines is 2. The molecule has 4 aromatic rings. The highest BCUT2D eigenvalue weighted by atomic mass is 16.5. The van der Waals surface area contributed by atoms with Crippen molar-refractivity contribution in [3.05, 3.63) is 54.5 Å². The van der Waals surface area contributed by atoms with Gasteiger partial charge in [-0.2, -0.15) is 5.10 Å². The Kier molecular flexibility index (Phi) is 6.74.